The second-order valence-electron chi connectivity index (χ2n) is 13.1. The van der Waals surface area contributed by atoms with Gasteiger partial charge in [0.15, 0.2) is 17.5 Å². The lowest BCUT2D eigenvalue weighted by Gasteiger charge is -2.13. The number of rotatable bonds is 4. The van der Waals surface area contributed by atoms with E-state index in [1.54, 1.807) is 11.3 Å². The van der Waals surface area contributed by atoms with Crippen LogP contribution in [0.5, 0.6) is 0 Å². The van der Waals surface area contributed by atoms with Gasteiger partial charge in [0.05, 0.1) is 0 Å². The minimum atomic E-state index is 0.636. The molecule has 0 N–H and O–H groups in total. The van der Waals surface area contributed by atoms with Gasteiger partial charge in [-0.1, -0.05) is 146 Å². The van der Waals surface area contributed by atoms with Crippen LogP contribution in [0.3, 0.4) is 0 Å². The Balaban J connectivity index is 1.15. The first-order chi connectivity index (χ1) is 25.8. The highest BCUT2D eigenvalue weighted by molar-refractivity contribution is 7.25. The third-order valence-electron chi connectivity index (χ3n) is 10.2. The molecule has 3 aromatic heterocycles. The Bertz CT molecular complexity index is 3200. The minimum Gasteiger partial charge on any atom is -0.455 e. The van der Waals surface area contributed by atoms with Gasteiger partial charge in [-0.25, -0.2) is 15.0 Å². The van der Waals surface area contributed by atoms with Gasteiger partial charge in [0.2, 0.25) is 0 Å². The Kier molecular flexibility index (Phi) is 6.39. The first-order valence-corrected chi connectivity index (χ1v) is 18.2. The van der Waals surface area contributed by atoms with Crippen molar-refractivity contribution >= 4 is 75.0 Å². The monoisotopic (exact) mass is 681 g/mol. The highest BCUT2D eigenvalue weighted by Crippen LogP contribution is 2.43. The van der Waals surface area contributed by atoms with E-state index in [0.29, 0.717) is 17.5 Å². The highest BCUT2D eigenvalue weighted by Gasteiger charge is 2.20. The van der Waals surface area contributed by atoms with Crippen molar-refractivity contribution in [3.8, 4) is 45.3 Å². The summed E-state index contributed by atoms with van der Waals surface area (Å²) in [6, 6.07) is 57.2. The molecule has 0 aliphatic rings. The van der Waals surface area contributed by atoms with Gasteiger partial charge in [-0.2, -0.15) is 0 Å². The first-order valence-electron chi connectivity index (χ1n) is 17.4. The van der Waals surface area contributed by atoms with Gasteiger partial charge in [0.1, 0.15) is 11.2 Å². The van der Waals surface area contributed by atoms with Crippen molar-refractivity contribution in [2.45, 2.75) is 0 Å². The van der Waals surface area contributed by atoms with Gasteiger partial charge in [-0.3, -0.25) is 0 Å². The van der Waals surface area contributed by atoms with Crippen LogP contribution < -0.4 is 0 Å². The number of thiophene rings is 1. The number of fused-ring (bicyclic) bond motifs is 9. The molecule has 11 rings (SSSR count). The predicted octanol–water partition coefficient (Wildman–Crippen LogP) is 13.1. The third kappa shape index (κ3) is 4.43. The molecule has 0 aliphatic carbocycles. The number of aromatic nitrogens is 3. The number of benzene rings is 8. The Labute approximate surface area is 302 Å². The van der Waals surface area contributed by atoms with Crippen LogP contribution in [0, 0.1) is 0 Å². The molecule has 0 fully saturated rings. The summed E-state index contributed by atoms with van der Waals surface area (Å²) in [7, 11) is 0. The van der Waals surface area contributed by atoms with Crippen LogP contribution >= 0.6 is 11.3 Å². The number of nitrogens with zero attached hydrogens (tertiary/aromatic N) is 3. The quantitative estimate of drug-likeness (QED) is 0.185. The summed E-state index contributed by atoms with van der Waals surface area (Å²) < 4.78 is 9.13. The average molecular weight is 682 g/mol. The number of furan rings is 1. The van der Waals surface area contributed by atoms with Crippen molar-refractivity contribution < 1.29 is 4.42 Å². The molecule has 0 atom stereocenters. The molecule has 0 bridgehead atoms. The highest BCUT2D eigenvalue weighted by atomic mass is 32.1. The summed E-state index contributed by atoms with van der Waals surface area (Å²) in [4.78, 5) is 15.5. The minimum absolute atomic E-state index is 0.636. The van der Waals surface area contributed by atoms with Crippen LogP contribution in [0.15, 0.2) is 168 Å². The molecule has 0 spiro atoms. The van der Waals surface area contributed by atoms with Gasteiger partial charge in [-0.15, -0.1) is 11.3 Å². The Morgan fingerprint density at radius 1 is 0.365 bits per heavy atom. The summed E-state index contributed by atoms with van der Waals surface area (Å²) in [5.74, 6) is 1.94. The number of para-hydroxylation sites is 1. The van der Waals surface area contributed by atoms with Crippen molar-refractivity contribution in [3.63, 3.8) is 0 Å². The van der Waals surface area contributed by atoms with E-state index in [4.69, 9.17) is 19.4 Å². The smallest absolute Gasteiger partial charge is 0.164 e. The maximum Gasteiger partial charge on any atom is 0.164 e. The molecule has 52 heavy (non-hydrogen) atoms. The van der Waals surface area contributed by atoms with Crippen molar-refractivity contribution in [1.82, 2.24) is 15.0 Å². The molecule has 5 heteroatoms. The fraction of sp³-hybridized carbons (Fsp3) is 0. The third-order valence-corrected chi connectivity index (χ3v) is 11.3. The molecular formula is C47H27N3OS. The van der Waals surface area contributed by atoms with Crippen molar-refractivity contribution in [2.24, 2.45) is 0 Å². The van der Waals surface area contributed by atoms with E-state index in [0.717, 1.165) is 60.5 Å². The standard InChI is InChI=1S/C47H27N3OS/c1-2-13-29(14-3-1)45-48-46(50-47(49-45)38-23-11-25-41-43(38)36-16-6-7-24-40(36)52-41)35-21-9-17-31-32(18-8-19-33(31)35)34-20-10-22-37-42-30-15-5-4-12-28(30)26-27-39(42)51-44(34)37/h1-27H. The summed E-state index contributed by atoms with van der Waals surface area (Å²) in [6.45, 7) is 0. The molecule has 0 aliphatic heterocycles. The van der Waals surface area contributed by atoms with Crippen LogP contribution in [0.25, 0.3) is 109 Å². The largest absolute Gasteiger partial charge is 0.455 e. The summed E-state index contributed by atoms with van der Waals surface area (Å²) >= 11 is 1.80. The van der Waals surface area contributed by atoms with Crippen molar-refractivity contribution in [3.05, 3.63) is 164 Å². The topological polar surface area (TPSA) is 51.8 Å². The van der Waals surface area contributed by atoms with Gasteiger partial charge in [0, 0.05) is 53.2 Å². The van der Waals surface area contributed by atoms with E-state index in [-0.39, 0.29) is 0 Å². The lowest BCUT2D eigenvalue weighted by Crippen LogP contribution is -2.01. The van der Waals surface area contributed by atoms with Crippen molar-refractivity contribution in [1.29, 1.82) is 0 Å². The number of hydrogen-bond acceptors (Lipinski definition) is 5. The van der Waals surface area contributed by atoms with Crippen LogP contribution in [-0.4, -0.2) is 15.0 Å². The molecule has 3 heterocycles. The van der Waals surface area contributed by atoms with Gasteiger partial charge < -0.3 is 4.42 Å². The lowest BCUT2D eigenvalue weighted by molar-refractivity contribution is 0.670. The first kappa shape index (κ1) is 29.1. The van der Waals surface area contributed by atoms with Gasteiger partial charge >= 0.3 is 0 Å². The molecule has 0 amide bonds. The molecule has 0 saturated heterocycles. The fourth-order valence-electron chi connectivity index (χ4n) is 7.81. The van der Waals surface area contributed by atoms with Gasteiger partial charge in [0.25, 0.3) is 0 Å². The maximum atomic E-state index is 6.67. The summed E-state index contributed by atoms with van der Waals surface area (Å²) in [5, 5.41) is 9.21. The van der Waals surface area contributed by atoms with Crippen LogP contribution in [-0.2, 0) is 0 Å². The molecule has 0 radical (unpaired) electrons. The van der Waals surface area contributed by atoms with Gasteiger partial charge in [-0.05, 0) is 45.3 Å². The predicted molar refractivity (Wildman–Crippen MR) is 217 cm³/mol. The Morgan fingerprint density at radius 2 is 0.962 bits per heavy atom. The molecule has 0 saturated carbocycles. The molecule has 11 aromatic rings. The Morgan fingerprint density at radius 3 is 1.83 bits per heavy atom. The van der Waals surface area contributed by atoms with E-state index in [2.05, 4.69) is 146 Å². The molecule has 4 nitrogen and oxygen atoms in total. The normalized spacial score (nSPS) is 11.8. The summed E-state index contributed by atoms with van der Waals surface area (Å²) in [5.41, 5.74) is 6.82. The lowest BCUT2D eigenvalue weighted by atomic mass is 9.94. The molecule has 242 valence electrons. The molecule has 8 aromatic carbocycles. The van der Waals surface area contributed by atoms with E-state index in [9.17, 15) is 0 Å². The van der Waals surface area contributed by atoms with Crippen LogP contribution in [0.4, 0.5) is 0 Å². The van der Waals surface area contributed by atoms with Crippen LogP contribution in [0.1, 0.15) is 0 Å². The van der Waals surface area contributed by atoms with Crippen LogP contribution in [0.2, 0.25) is 0 Å². The maximum absolute atomic E-state index is 6.67. The van der Waals surface area contributed by atoms with E-state index in [1.165, 1.54) is 30.9 Å². The van der Waals surface area contributed by atoms with E-state index >= 15 is 0 Å². The fourth-order valence-corrected chi connectivity index (χ4v) is 8.95. The molecular weight excluding hydrogens is 655 g/mol. The van der Waals surface area contributed by atoms with Crippen molar-refractivity contribution in [2.75, 3.05) is 0 Å². The summed E-state index contributed by atoms with van der Waals surface area (Å²) in [6.07, 6.45) is 0. The number of hydrogen-bond donors (Lipinski definition) is 0. The zero-order chi connectivity index (χ0) is 34.2. The SMILES string of the molecule is c1ccc(-c2nc(-c3cccc4c(-c5cccc6c5oc5ccc7ccccc7c56)cccc34)nc(-c3cccc4sc5ccccc5c34)n2)cc1. The average Bonchev–Trinajstić information content (AvgIpc) is 3.80. The van der Waals surface area contributed by atoms with E-state index in [1.807, 2.05) is 18.2 Å². The second-order valence-corrected chi connectivity index (χ2v) is 14.2. The Hall–Kier alpha value is -6.69. The second kappa shape index (κ2) is 11.4. The molecule has 0 unspecified atom stereocenters. The van der Waals surface area contributed by atoms with E-state index < -0.39 is 0 Å². The zero-order valence-corrected chi connectivity index (χ0v) is 28.6. The zero-order valence-electron chi connectivity index (χ0n) is 27.7.